The molecule has 8 nitrogen and oxygen atoms in total. The molecule has 0 radical (unpaired) electrons. The first-order chi connectivity index (χ1) is 16.9. The van der Waals surface area contributed by atoms with Crippen molar-refractivity contribution in [3.63, 3.8) is 0 Å². The maximum absolute atomic E-state index is 13.5. The summed E-state index contributed by atoms with van der Waals surface area (Å²) >= 11 is 0. The minimum absolute atomic E-state index is 0.00661. The fourth-order valence-corrected chi connectivity index (χ4v) is 3.93. The minimum atomic E-state index is -0.695. The number of aromatic nitrogens is 1. The molecule has 3 aromatic rings. The summed E-state index contributed by atoms with van der Waals surface area (Å²) in [5.41, 5.74) is 7.64. The molecular formula is C25H26F2N6O2. The van der Waals surface area contributed by atoms with Crippen LogP contribution in [0, 0.1) is 17.6 Å². The number of pyridine rings is 1. The summed E-state index contributed by atoms with van der Waals surface area (Å²) in [7, 11) is 0. The van der Waals surface area contributed by atoms with E-state index in [0.717, 1.165) is 32.0 Å². The Labute approximate surface area is 201 Å². The number of primary amides is 1. The van der Waals surface area contributed by atoms with Gasteiger partial charge in [-0.05, 0) is 61.8 Å². The van der Waals surface area contributed by atoms with Crippen LogP contribution in [0.3, 0.4) is 0 Å². The smallest absolute Gasteiger partial charge is 0.252 e. The van der Waals surface area contributed by atoms with Crippen LogP contribution in [0.15, 0.2) is 54.7 Å². The van der Waals surface area contributed by atoms with Crippen LogP contribution in [0.25, 0.3) is 0 Å². The molecule has 10 heteroatoms. The van der Waals surface area contributed by atoms with Gasteiger partial charge in [-0.1, -0.05) is 6.07 Å². The SMILES string of the molecule is NC(=O)c1cnc(Nc2cccc(NC(=O)C3CCNCC3)c2)cc1NCc1cc(F)cc(F)c1. The van der Waals surface area contributed by atoms with Crippen LogP contribution in [0.5, 0.6) is 0 Å². The second kappa shape index (κ2) is 10.9. The fraction of sp³-hybridized carbons (Fsp3) is 0.240. The molecule has 2 heterocycles. The molecule has 2 amide bonds. The molecule has 0 saturated carbocycles. The molecule has 0 unspecified atom stereocenters. The number of nitrogens with one attached hydrogen (secondary N) is 4. The van der Waals surface area contributed by atoms with Crippen molar-refractivity contribution in [2.45, 2.75) is 19.4 Å². The Morgan fingerprint density at radius 1 is 1.03 bits per heavy atom. The number of amides is 2. The molecule has 35 heavy (non-hydrogen) atoms. The number of piperidine rings is 1. The molecule has 0 atom stereocenters. The average molecular weight is 481 g/mol. The Morgan fingerprint density at radius 2 is 1.74 bits per heavy atom. The topological polar surface area (TPSA) is 121 Å². The molecular weight excluding hydrogens is 454 g/mol. The first-order valence-corrected chi connectivity index (χ1v) is 11.2. The van der Waals surface area contributed by atoms with Crippen molar-refractivity contribution in [2.24, 2.45) is 11.7 Å². The molecule has 0 spiro atoms. The largest absolute Gasteiger partial charge is 0.380 e. The van der Waals surface area contributed by atoms with Gasteiger partial charge in [0.1, 0.15) is 17.5 Å². The molecule has 0 bridgehead atoms. The molecule has 1 aliphatic heterocycles. The van der Waals surface area contributed by atoms with Crippen LogP contribution in [-0.4, -0.2) is 29.9 Å². The number of hydrogen-bond acceptors (Lipinski definition) is 6. The quantitative estimate of drug-likeness (QED) is 0.335. The third-order valence-corrected chi connectivity index (χ3v) is 5.69. The van der Waals surface area contributed by atoms with Gasteiger partial charge in [0, 0.05) is 42.2 Å². The van der Waals surface area contributed by atoms with Crippen molar-refractivity contribution in [3.05, 3.63) is 77.5 Å². The van der Waals surface area contributed by atoms with E-state index in [4.69, 9.17) is 5.73 Å². The number of carbonyl (C=O) groups excluding carboxylic acids is 2. The molecule has 1 saturated heterocycles. The van der Waals surface area contributed by atoms with E-state index in [0.29, 0.717) is 28.4 Å². The molecule has 1 aliphatic rings. The maximum atomic E-state index is 13.5. The third kappa shape index (κ3) is 6.51. The van der Waals surface area contributed by atoms with E-state index in [1.165, 1.54) is 18.3 Å². The predicted molar refractivity (Wildman–Crippen MR) is 130 cm³/mol. The number of benzene rings is 2. The zero-order valence-corrected chi connectivity index (χ0v) is 18.9. The van der Waals surface area contributed by atoms with Crippen LogP contribution >= 0.6 is 0 Å². The molecule has 6 N–H and O–H groups in total. The number of hydrogen-bond donors (Lipinski definition) is 5. The number of rotatable bonds is 8. The lowest BCUT2D eigenvalue weighted by atomic mass is 9.97. The lowest BCUT2D eigenvalue weighted by Gasteiger charge is -2.21. The molecule has 2 aromatic carbocycles. The van der Waals surface area contributed by atoms with E-state index >= 15 is 0 Å². The maximum Gasteiger partial charge on any atom is 0.252 e. The first-order valence-electron chi connectivity index (χ1n) is 11.2. The van der Waals surface area contributed by atoms with Crippen molar-refractivity contribution in [3.8, 4) is 0 Å². The fourth-order valence-electron chi connectivity index (χ4n) is 3.93. The highest BCUT2D eigenvalue weighted by Gasteiger charge is 2.21. The summed E-state index contributed by atoms with van der Waals surface area (Å²) < 4.78 is 27.0. The molecule has 4 rings (SSSR count). The molecule has 1 aromatic heterocycles. The lowest BCUT2D eigenvalue weighted by molar-refractivity contribution is -0.120. The van der Waals surface area contributed by atoms with Gasteiger partial charge in [-0.2, -0.15) is 0 Å². The van der Waals surface area contributed by atoms with E-state index in [1.807, 2.05) is 6.07 Å². The molecule has 182 valence electrons. The highest BCUT2D eigenvalue weighted by Crippen LogP contribution is 2.25. The van der Waals surface area contributed by atoms with E-state index < -0.39 is 17.5 Å². The summed E-state index contributed by atoms with van der Waals surface area (Å²) in [5, 5.41) is 12.3. The average Bonchev–Trinajstić information content (AvgIpc) is 2.83. The molecule has 0 aliphatic carbocycles. The van der Waals surface area contributed by atoms with Gasteiger partial charge in [-0.15, -0.1) is 0 Å². The Hall–Kier alpha value is -4.05. The van der Waals surface area contributed by atoms with Gasteiger partial charge in [0.05, 0.1) is 11.3 Å². The van der Waals surface area contributed by atoms with E-state index in [-0.39, 0.29) is 23.9 Å². The Bertz CT molecular complexity index is 1210. The van der Waals surface area contributed by atoms with E-state index in [2.05, 4.69) is 26.3 Å². The second-order valence-corrected chi connectivity index (χ2v) is 8.33. The summed E-state index contributed by atoms with van der Waals surface area (Å²) in [6.07, 6.45) is 2.93. The van der Waals surface area contributed by atoms with Gasteiger partial charge in [-0.3, -0.25) is 9.59 Å². The van der Waals surface area contributed by atoms with Crippen LogP contribution in [0.1, 0.15) is 28.8 Å². The number of nitrogens with two attached hydrogens (primary N) is 1. The van der Waals surface area contributed by atoms with Gasteiger partial charge in [-0.25, -0.2) is 13.8 Å². The summed E-state index contributed by atoms with van der Waals surface area (Å²) in [5.74, 6) is -1.70. The van der Waals surface area contributed by atoms with Crippen molar-refractivity contribution in [1.82, 2.24) is 10.3 Å². The van der Waals surface area contributed by atoms with Gasteiger partial charge in [0.15, 0.2) is 0 Å². The summed E-state index contributed by atoms with van der Waals surface area (Å²) in [6.45, 7) is 1.73. The second-order valence-electron chi connectivity index (χ2n) is 8.33. The Balaban J connectivity index is 1.47. The zero-order chi connectivity index (χ0) is 24.8. The highest BCUT2D eigenvalue weighted by atomic mass is 19.1. The minimum Gasteiger partial charge on any atom is -0.380 e. The van der Waals surface area contributed by atoms with Crippen LogP contribution in [0.2, 0.25) is 0 Å². The van der Waals surface area contributed by atoms with Crippen LogP contribution in [0.4, 0.5) is 31.7 Å². The summed E-state index contributed by atoms with van der Waals surface area (Å²) in [4.78, 5) is 28.6. The third-order valence-electron chi connectivity index (χ3n) is 5.69. The van der Waals surface area contributed by atoms with Gasteiger partial charge >= 0.3 is 0 Å². The van der Waals surface area contributed by atoms with Gasteiger partial charge < -0.3 is 27.0 Å². The number of carbonyl (C=O) groups is 2. The standard InChI is InChI=1S/C25H26F2N6O2/c26-17-8-15(9-18(27)10-17)13-30-22-12-23(31-14-21(22)24(28)34)32-19-2-1-3-20(11-19)33-25(35)16-4-6-29-7-5-16/h1-3,8-12,14,16,29H,4-7,13H2,(H2,28,34)(H,33,35)(H2,30,31,32). The van der Waals surface area contributed by atoms with Crippen molar-refractivity contribution >= 4 is 34.7 Å². The zero-order valence-electron chi connectivity index (χ0n) is 18.9. The first kappa shape index (κ1) is 24.1. The Kier molecular flexibility index (Phi) is 7.51. The van der Waals surface area contributed by atoms with Crippen molar-refractivity contribution in [1.29, 1.82) is 0 Å². The van der Waals surface area contributed by atoms with Gasteiger partial charge in [0.2, 0.25) is 5.91 Å². The van der Waals surface area contributed by atoms with Crippen LogP contribution < -0.4 is 27.0 Å². The van der Waals surface area contributed by atoms with E-state index in [9.17, 15) is 18.4 Å². The number of halogens is 2. The number of nitrogens with zero attached hydrogens (tertiary/aromatic N) is 1. The van der Waals surface area contributed by atoms with Gasteiger partial charge in [0.25, 0.3) is 5.91 Å². The molecule has 1 fully saturated rings. The van der Waals surface area contributed by atoms with Crippen LogP contribution in [-0.2, 0) is 11.3 Å². The Morgan fingerprint density at radius 3 is 2.46 bits per heavy atom. The van der Waals surface area contributed by atoms with Crippen molar-refractivity contribution < 1.29 is 18.4 Å². The number of anilines is 4. The lowest BCUT2D eigenvalue weighted by Crippen LogP contribution is -2.34. The summed E-state index contributed by atoms with van der Waals surface area (Å²) in [6, 6.07) is 12.0. The van der Waals surface area contributed by atoms with E-state index in [1.54, 1.807) is 24.3 Å². The monoisotopic (exact) mass is 480 g/mol. The highest BCUT2D eigenvalue weighted by molar-refractivity contribution is 5.98. The predicted octanol–water partition coefficient (Wildman–Crippen LogP) is 3.75. The normalized spacial score (nSPS) is 13.8. The van der Waals surface area contributed by atoms with Crippen molar-refractivity contribution in [2.75, 3.05) is 29.0 Å².